The van der Waals surface area contributed by atoms with Gasteiger partial charge in [-0.1, -0.05) is 23.7 Å². The molecule has 2 heterocycles. The van der Waals surface area contributed by atoms with Gasteiger partial charge in [0, 0.05) is 23.2 Å². The van der Waals surface area contributed by atoms with Crippen molar-refractivity contribution >= 4 is 50.2 Å². The summed E-state index contributed by atoms with van der Waals surface area (Å²) in [5.74, 6) is -0.261. The molecular weight excluding hydrogens is 534 g/mol. The largest absolute Gasteiger partial charge is 0.466 e. The third-order valence-corrected chi connectivity index (χ3v) is 7.31. The lowest BCUT2D eigenvalue weighted by atomic mass is 9.93. The smallest absolute Gasteiger partial charge is 0.326 e. The number of imidazole rings is 1. The fourth-order valence-corrected chi connectivity index (χ4v) is 5.50. The number of carbonyl (C=O) groups is 1. The summed E-state index contributed by atoms with van der Waals surface area (Å²) < 4.78 is 7.82. The number of aromatic amines is 1. The van der Waals surface area contributed by atoms with Crippen molar-refractivity contribution in [3.8, 4) is 21.7 Å². The molecule has 204 valence electrons. The fourth-order valence-electron chi connectivity index (χ4n) is 4.23. The summed E-state index contributed by atoms with van der Waals surface area (Å²) in [6.45, 7) is 9.37. The van der Waals surface area contributed by atoms with E-state index in [1.165, 1.54) is 0 Å². The number of carbonyl (C=O) groups excluding carboxylic acids is 1. The van der Waals surface area contributed by atoms with E-state index in [-0.39, 0.29) is 18.1 Å². The van der Waals surface area contributed by atoms with Crippen LogP contribution in [0.15, 0.2) is 53.3 Å². The third-order valence-electron chi connectivity index (χ3n) is 5.92. The molecule has 0 amide bonds. The summed E-state index contributed by atoms with van der Waals surface area (Å²) in [7, 11) is 1.74. The number of aliphatic hydroxyl groups is 1. The molecule has 0 saturated carbocycles. The van der Waals surface area contributed by atoms with Crippen molar-refractivity contribution in [2.24, 2.45) is 7.05 Å². The number of nitrogens with one attached hydrogen (secondary N) is 1. The lowest BCUT2D eigenvalue weighted by Crippen LogP contribution is -2.11. The van der Waals surface area contributed by atoms with E-state index in [1.54, 1.807) is 50.6 Å². The van der Waals surface area contributed by atoms with Crippen molar-refractivity contribution in [3.63, 3.8) is 0 Å². The summed E-state index contributed by atoms with van der Waals surface area (Å²) in [6, 6.07) is 15.5. The summed E-state index contributed by atoms with van der Waals surface area (Å²) >= 11 is 7.71. The first-order chi connectivity index (χ1) is 18.4. The molecule has 0 aliphatic rings. The number of benzene rings is 3. The number of hydrogen-bond acceptors (Lipinski definition) is 6. The number of aromatic nitrogens is 3. The van der Waals surface area contributed by atoms with Crippen LogP contribution >= 0.6 is 22.9 Å². The van der Waals surface area contributed by atoms with E-state index < -0.39 is 5.60 Å². The van der Waals surface area contributed by atoms with Gasteiger partial charge in [-0.15, -0.1) is 11.3 Å². The van der Waals surface area contributed by atoms with Crippen LogP contribution in [0.3, 0.4) is 0 Å². The van der Waals surface area contributed by atoms with Crippen LogP contribution in [0, 0.1) is 6.92 Å². The Hall–Kier alpha value is -3.46. The highest BCUT2D eigenvalue weighted by Crippen LogP contribution is 2.41. The van der Waals surface area contributed by atoms with Crippen LogP contribution in [0.25, 0.3) is 42.9 Å². The lowest BCUT2D eigenvalue weighted by Gasteiger charge is -2.14. The molecule has 0 spiro atoms. The third kappa shape index (κ3) is 6.58. The molecule has 0 fully saturated rings. The highest BCUT2D eigenvalue weighted by molar-refractivity contribution is 7.22. The van der Waals surface area contributed by atoms with Crippen LogP contribution < -0.4 is 5.69 Å². The minimum atomic E-state index is -0.500. The topological polar surface area (TPSA) is 97.2 Å². The van der Waals surface area contributed by atoms with Crippen LogP contribution in [0.1, 0.15) is 38.8 Å². The quantitative estimate of drug-likeness (QED) is 0.232. The van der Waals surface area contributed by atoms with Gasteiger partial charge >= 0.3 is 11.7 Å². The van der Waals surface area contributed by atoms with Crippen LogP contribution in [-0.4, -0.2) is 37.8 Å². The van der Waals surface area contributed by atoms with Crippen LogP contribution in [0.5, 0.6) is 0 Å². The molecule has 39 heavy (non-hydrogen) atoms. The van der Waals surface area contributed by atoms with Crippen molar-refractivity contribution < 1.29 is 14.6 Å². The molecule has 2 N–H and O–H groups in total. The number of H-pyrrole nitrogens is 1. The summed E-state index contributed by atoms with van der Waals surface area (Å²) in [5.41, 5.74) is 6.56. The van der Waals surface area contributed by atoms with Crippen molar-refractivity contribution in [3.05, 3.63) is 75.2 Å². The van der Waals surface area contributed by atoms with Gasteiger partial charge in [0.2, 0.25) is 0 Å². The molecule has 0 aliphatic heterocycles. The predicted octanol–water partition coefficient (Wildman–Crippen LogP) is 6.65. The van der Waals surface area contributed by atoms with Crippen LogP contribution in [0.4, 0.5) is 0 Å². The van der Waals surface area contributed by atoms with E-state index in [4.69, 9.17) is 26.4 Å². The van der Waals surface area contributed by atoms with Gasteiger partial charge in [0.05, 0.1) is 39.9 Å². The molecule has 3 aromatic carbocycles. The average molecular weight is 566 g/mol. The maximum atomic E-state index is 12.4. The second-order valence-corrected chi connectivity index (χ2v) is 11.7. The predicted molar refractivity (Wildman–Crippen MR) is 160 cm³/mol. The van der Waals surface area contributed by atoms with E-state index in [9.17, 15) is 9.59 Å². The fraction of sp³-hybridized carbons (Fsp3) is 0.300. The van der Waals surface area contributed by atoms with Gasteiger partial charge in [-0.25, -0.2) is 9.78 Å². The van der Waals surface area contributed by atoms with Crippen molar-refractivity contribution in [1.82, 2.24) is 14.5 Å². The average Bonchev–Trinajstić information content (AvgIpc) is 3.39. The number of ether oxygens (including phenoxy) is 1. The first-order valence-corrected chi connectivity index (χ1v) is 13.8. The van der Waals surface area contributed by atoms with E-state index in [0.717, 1.165) is 54.1 Å². The number of rotatable bonds is 5. The zero-order valence-electron chi connectivity index (χ0n) is 22.9. The van der Waals surface area contributed by atoms with Gasteiger partial charge < -0.3 is 14.8 Å². The van der Waals surface area contributed by atoms with Crippen LogP contribution in [0.2, 0.25) is 5.02 Å². The van der Waals surface area contributed by atoms with Crippen LogP contribution in [-0.2, 0) is 23.0 Å². The number of aryl methyl sites for hydroxylation is 2. The molecule has 2 aromatic heterocycles. The number of esters is 1. The molecule has 0 radical (unpaired) electrons. The van der Waals surface area contributed by atoms with E-state index in [0.29, 0.717) is 11.6 Å². The van der Waals surface area contributed by atoms with E-state index in [1.807, 2.05) is 55.5 Å². The zero-order valence-corrected chi connectivity index (χ0v) is 24.5. The van der Waals surface area contributed by atoms with Gasteiger partial charge in [0.1, 0.15) is 5.01 Å². The molecule has 0 unspecified atom stereocenters. The van der Waals surface area contributed by atoms with Gasteiger partial charge in [0.25, 0.3) is 0 Å². The molecule has 0 bridgehead atoms. The summed E-state index contributed by atoms with van der Waals surface area (Å²) in [4.78, 5) is 32.2. The molecule has 7 nitrogen and oxygen atoms in total. The lowest BCUT2D eigenvalue weighted by molar-refractivity contribution is -0.142. The molecule has 5 aromatic rings. The minimum Gasteiger partial charge on any atom is -0.466 e. The Labute approximate surface area is 236 Å². The Morgan fingerprint density at radius 2 is 1.77 bits per heavy atom. The molecule has 0 aliphatic carbocycles. The zero-order chi connectivity index (χ0) is 28.5. The van der Waals surface area contributed by atoms with E-state index >= 15 is 0 Å². The number of hydrogen-bond donors (Lipinski definition) is 2. The summed E-state index contributed by atoms with van der Waals surface area (Å²) in [6.07, 6.45) is 0.179. The molecular formula is C30H32ClN3O4S. The molecule has 0 atom stereocenters. The second kappa shape index (κ2) is 11.3. The van der Waals surface area contributed by atoms with Gasteiger partial charge in [-0.2, -0.15) is 0 Å². The Bertz CT molecular complexity index is 1700. The SMILES string of the molecule is CC(C)(C)O.CCOC(=O)Cc1c(C)cc2nc(-c3ccc4c(c3)[nH]c(=O)n4C)sc2c1-c1ccc(Cl)cc1. The Kier molecular flexibility index (Phi) is 8.30. The van der Waals surface area contributed by atoms with Gasteiger partial charge in [-0.3, -0.25) is 9.36 Å². The summed E-state index contributed by atoms with van der Waals surface area (Å²) in [5, 5.41) is 10.0. The van der Waals surface area contributed by atoms with Gasteiger partial charge in [-0.05, 0) is 87.7 Å². The van der Waals surface area contributed by atoms with E-state index in [2.05, 4.69) is 4.98 Å². The first kappa shape index (κ1) is 28.5. The standard InChI is InChI=1S/C26H22ClN3O3S.C4H10O/c1-4-33-22(31)13-18-14(2)11-20-24(23(18)15-5-8-17(27)9-6-15)34-25(28-20)16-7-10-21-19(12-16)29-26(32)30(21)3;1-4(2,3)5/h5-12H,4,13H2,1-3H3,(H,29,32);5H,1-3H3. The minimum absolute atomic E-state index is 0.152. The Balaban J connectivity index is 0.000000648. The maximum Gasteiger partial charge on any atom is 0.326 e. The molecule has 0 saturated heterocycles. The number of thiazole rings is 1. The van der Waals surface area contributed by atoms with Crippen molar-refractivity contribution in [2.45, 2.75) is 46.6 Å². The maximum absolute atomic E-state index is 12.4. The Morgan fingerprint density at radius 3 is 2.41 bits per heavy atom. The van der Waals surface area contributed by atoms with Crippen molar-refractivity contribution in [2.75, 3.05) is 6.61 Å². The van der Waals surface area contributed by atoms with Crippen molar-refractivity contribution in [1.29, 1.82) is 0 Å². The number of fused-ring (bicyclic) bond motifs is 2. The second-order valence-electron chi connectivity index (χ2n) is 10.3. The number of nitrogens with zero attached hydrogens (tertiary/aromatic N) is 2. The monoisotopic (exact) mass is 565 g/mol. The molecule has 9 heteroatoms. The number of halogens is 1. The molecule has 5 rings (SSSR count). The first-order valence-electron chi connectivity index (χ1n) is 12.6. The Morgan fingerprint density at radius 1 is 1.13 bits per heavy atom. The highest BCUT2D eigenvalue weighted by atomic mass is 35.5. The highest BCUT2D eigenvalue weighted by Gasteiger charge is 2.20. The van der Waals surface area contributed by atoms with Gasteiger partial charge in [0.15, 0.2) is 0 Å². The normalized spacial score (nSPS) is 11.5.